The van der Waals surface area contributed by atoms with Gasteiger partial charge in [-0.3, -0.25) is 0 Å². The highest BCUT2D eigenvalue weighted by Gasteiger charge is 1.97. The maximum absolute atomic E-state index is 5.13. The Labute approximate surface area is 95.9 Å². The molecule has 0 fully saturated rings. The molecular weight excluding hydrogens is 204 g/mol. The van der Waals surface area contributed by atoms with E-state index in [-0.39, 0.29) is 0 Å². The van der Waals surface area contributed by atoms with Crippen molar-refractivity contribution in [1.29, 1.82) is 0 Å². The van der Waals surface area contributed by atoms with Crippen molar-refractivity contribution in [3.63, 3.8) is 0 Å². The highest BCUT2D eigenvalue weighted by Crippen LogP contribution is 2.16. The molecule has 0 aliphatic carbocycles. The number of hydrogen-bond acceptors (Lipinski definition) is 3. The van der Waals surface area contributed by atoms with Crippen LogP contribution >= 0.6 is 11.8 Å². The molecule has 0 unspecified atom stereocenters. The summed E-state index contributed by atoms with van der Waals surface area (Å²) in [6, 6.07) is 4.19. The van der Waals surface area contributed by atoms with Gasteiger partial charge in [-0.1, -0.05) is 5.92 Å². The van der Waals surface area contributed by atoms with E-state index in [0.29, 0.717) is 6.54 Å². The molecule has 0 saturated heterocycles. The normalized spacial score (nSPS) is 9.93. The van der Waals surface area contributed by atoms with E-state index in [1.54, 1.807) is 11.8 Å². The second kappa shape index (κ2) is 6.49. The van der Waals surface area contributed by atoms with E-state index < -0.39 is 0 Å². The molecule has 1 aromatic heterocycles. The maximum Gasteiger partial charge on any atom is 0.0966 e. The van der Waals surface area contributed by atoms with Crippen molar-refractivity contribution in [3.05, 3.63) is 23.4 Å². The van der Waals surface area contributed by atoms with Crippen LogP contribution in [0.2, 0.25) is 0 Å². The minimum atomic E-state index is 0.640. The van der Waals surface area contributed by atoms with Crippen LogP contribution in [-0.4, -0.2) is 23.8 Å². The first-order chi connectivity index (χ1) is 7.22. The van der Waals surface area contributed by atoms with Gasteiger partial charge in [0.05, 0.1) is 11.6 Å². The topological polar surface area (TPSA) is 24.9 Å². The Morgan fingerprint density at radius 2 is 2.27 bits per heavy atom. The van der Waals surface area contributed by atoms with Crippen molar-refractivity contribution in [2.45, 2.75) is 18.9 Å². The van der Waals surface area contributed by atoms with Gasteiger partial charge in [-0.2, -0.15) is 0 Å². The third-order valence-electron chi connectivity index (χ3n) is 1.83. The summed E-state index contributed by atoms with van der Waals surface area (Å²) in [4.78, 5) is 4.45. The van der Waals surface area contributed by atoms with Crippen LogP contribution in [0.4, 0.5) is 0 Å². The molecule has 0 atom stereocenters. The van der Waals surface area contributed by atoms with Crippen molar-refractivity contribution < 1.29 is 0 Å². The maximum atomic E-state index is 5.13. The summed E-state index contributed by atoms with van der Waals surface area (Å²) in [7, 11) is 0. The summed E-state index contributed by atoms with van der Waals surface area (Å²) >= 11 is 1.76. The van der Waals surface area contributed by atoms with Gasteiger partial charge in [0.2, 0.25) is 0 Å². The monoisotopic (exact) mass is 220 g/mol. The third-order valence-corrected chi connectivity index (χ3v) is 2.74. The fourth-order valence-electron chi connectivity index (χ4n) is 1.27. The zero-order valence-corrected chi connectivity index (χ0v) is 10.0. The molecule has 1 rings (SSSR count). The average Bonchev–Trinajstić information content (AvgIpc) is 2.16. The highest BCUT2D eigenvalue weighted by molar-refractivity contribution is 7.99. The minimum Gasteiger partial charge on any atom is -0.305 e. The Kier molecular flexibility index (Phi) is 5.23. The molecule has 0 aliphatic rings. The van der Waals surface area contributed by atoms with Gasteiger partial charge in [-0.05, 0) is 31.5 Å². The molecule has 1 heterocycles. The molecule has 80 valence electrons. The number of thioether (sulfide) groups is 1. The third kappa shape index (κ3) is 4.87. The standard InChI is InChI=1S/C12H16N2S/c1-4-5-13-6-7-15-12-9-10(2)8-11(3)14-12/h1,8-9,13H,5-7H2,2-3H3. The van der Waals surface area contributed by atoms with Crippen LogP contribution in [0, 0.1) is 26.2 Å². The number of rotatable bonds is 5. The molecule has 0 spiro atoms. The SMILES string of the molecule is C#CCNCCSc1cc(C)cc(C)n1. The van der Waals surface area contributed by atoms with Crippen LogP contribution in [0.15, 0.2) is 17.2 Å². The molecule has 0 saturated carbocycles. The van der Waals surface area contributed by atoms with Gasteiger partial charge in [0, 0.05) is 18.0 Å². The molecule has 0 aliphatic heterocycles. The number of pyridine rings is 1. The van der Waals surface area contributed by atoms with Crippen molar-refractivity contribution in [3.8, 4) is 12.3 Å². The van der Waals surface area contributed by atoms with Gasteiger partial charge < -0.3 is 5.32 Å². The molecule has 0 radical (unpaired) electrons. The van der Waals surface area contributed by atoms with Crippen LogP contribution in [0.25, 0.3) is 0 Å². The van der Waals surface area contributed by atoms with E-state index in [1.807, 2.05) is 6.92 Å². The Morgan fingerprint density at radius 3 is 2.93 bits per heavy atom. The summed E-state index contributed by atoms with van der Waals surface area (Å²) in [5.41, 5.74) is 2.34. The lowest BCUT2D eigenvalue weighted by Crippen LogP contribution is -2.16. The van der Waals surface area contributed by atoms with Crippen molar-refractivity contribution in [1.82, 2.24) is 10.3 Å². The fourth-order valence-corrected chi connectivity index (χ4v) is 2.20. The van der Waals surface area contributed by atoms with E-state index in [0.717, 1.165) is 23.0 Å². The fraction of sp³-hybridized carbons (Fsp3) is 0.417. The second-order valence-electron chi connectivity index (χ2n) is 3.35. The second-order valence-corrected chi connectivity index (χ2v) is 4.47. The number of hydrogen-bond donors (Lipinski definition) is 1. The lowest BCUT2D eigenvalue weighted by atomic mass is 10.3. The minimum absolute atomic E-state index is 0.640. The molecule has 3 heteroatoms. The van der Waals surface area contributed by atoms with Crippen LogP contribution in [0.5, 0.6) is 0 Å². The molecule has 0 bridgehead atoms. The van der Waals surface area contributed by atoms with Crippen molar-refractivity contribution >= 4 is 11.8 Å². The zero-order valence-electron chi connectivity index (χ0n) is 9.21. The number of nitrogens with one attached hydrogen (secondary N) is 1. The number of terminal acetylenes is 1. The molecule has 15 heavy (non-hydrogen) atoms. The van der Waals surface area contributed by atoms with Gasteiger partial charge in [0.1, 0.15) is 0 Å². The molecule has 0 amide bonds. The summed E-state index contributed by atoms with van der Waals surface area (Å²) in [6.07, 6.45) is 5.13. The first-order valence-electron chi connectivity index (χ1n) is 4.94. The van der Waals surface area contributed by atoms with Crippen LogP contribution < -0.4 is 5.32 Å². The molecule has 1 aromatic rings. The van der Waals surface area contributed by atoms with E-state index in [1.165, 1.54) is 5.56 Å². The van der Waals surface area contributed by atoms with E-state index in [4.69, 9.17) is 6.42 Å². The Morgan fingerprint density at radius 1 is 1.47 bits per heavy atom. The summed E-state index contributed by atoms with van der Waals surface area (Å²) in [5, 5.41) is 4.24. The average molecular weight is 220 g/mol. The Bertz CT molecular complexity index is 335. The first kappa shape index (κ1) is 12.1. The quantitative estimate of drug-likeness (QED) is 0.467. The number of aryl methyl sites for hydroxylation is 2. The molecule has 1 N–H and O–H groups in total. The Balaban J connectivity index is 2.34. The summed E-state index contributed by atoms with van der Waals surface area (Å²) in [6.45, 7) is 5.67. The van der Waals surface area contributed by atoms with Gasteiger partial charge >= 0.3 is 0 Å². The van der Waals surface area contributed by atoms with Crippen LogP contribution in [0.3, 0.4) is 0 Å². The number of nitrogens with zero attached hydrogens (tertiary/aromatic N) is 1. The first-order valence-corrected chi connectivity index (χ1v) is 5.93. The van der Waals surface area contributed by atoms with Crippen LogP contribution in [-0.2, 0) is 0 Å². The van der Waals surface area contributed by atoms with E-state index in [2.05, 4.69) is 35.3 Å². The summed E-state index contributed by atoms with van der Waals surface area (Å²) in [5.74, 6) is 3.55. The number of aromatic nitrogens is 1. The van der Waals surface area contributed by atoms with Gasteiger partial charge in [0.15, 0.2) is 0 Å². The van der Waals surface area contributed by atoms with Gasteiger partial charge in [0.25, 0.3) is 0 Å². The van der Waals surface area contributed by atoms with Crippen LogP contribution in [0.1, 0.15) is 11.3 Å². The highest BCUT2D eigenvalue weighted by atomic mass is 32.2. The lowest BCUT2D eigenvalue weighted by molar-refractivity contribution is 0.817. The predicted molar refractivity (Wildman–Crippen MR) is 66.1 cm³/mol. The van der Waals surface area contributed by atoms with Gasteiger partial charge in [-0.25, -0.2) is 4.98 Å². The lowest BCUT2D eigenvalue weighted by Gasteiger charge is -2.03. The molecular formula is C12H16N2S. The van der Waals surface area contributed by atoms with Crippen molar-refractivity contribution in [2.24, 2.45) is 0 Å². The summed E-state index contributed by atoms with van der Waals surface area (Å²) < 4.78 is 0. The van der Waals surface area contributed by atoms with E-state index >= 15 is 0 Å². The Hall–Kier alpha value is -0.980. The zero-order chi connectivity index (χ0) is 11.1. The molecule has 0 aromatic carbocycles. The van der Waals surface area contributed by atoms with Crippen molar-refractivity contribution in [2.75, 3.05) is 18.8 Å². The largest absolute Gasteiger partial charge is 0.305 e. The van der Waals surface area contributed by atoms with Gasteiger partial charge in [-0.15, -0.1) is 18.2 Å². The van der Waals surface area contributed by atoms with E-state index in [9.17, 15) is 0 Å². The smallest absolute Gasteiger partial charge is 0.0966 e. The molecule has 2 nitrogen and oxygen atoms in total. The predicted octanol–water partition coefficient (Wildman–Crippen LogP) is 2.01.